The molecule has 6 heteroatoms. The summed E-state index contributed by atoms with van der Waals surface area (Å²) >= 11 is 0. The minimum absolute atomic E-state index is 0.0123. The van der Waals surface area contributed by atoms with Gasteiger partial charge in [0.05, 0.1) is 6.42 Å². The number of carbonyl (C=O) groups excluding carboxylic acids is 1. The summed E-state index contributed by atoms with van der Waals surface area (Å²) in [6.07, 6.45) is 3.77. The summed E-state index contributed by atoms with van der Waals surface area (Å²) in [5.41, 5.74) is 0. The second kappa shape index (κ2) is 8.87. The fourth-order valence-electron chi connectivity index (χ4n) is 2.78. The number of nitrogens with one attached hydrogen (secondary N) is 1. The maximum absolute atomic E-state index is 12.2. The predicted molar refractivity (Wildman–Crippen MR) is 82.3 cm³/mol. The Morgan fingerprint density at radius 3 is 2.52 bits per heavy atom. The van der Waals surface area contributed by atoms with Gasteiger partial charge in [-0.25, -0.2) is 4.79 Å². The van der Waals surface area contributed by atoms with Gasteiger partial charge in [-0.05, 0) is 45.3 Å². The highest BCUT2D eigenvalue weighted by atomic mass is 16.4. The summed E-state index contributed by atoms with van der Waals surface area (Å²) in [6.45, 7) is 4.89. The fourth-order valence-corrected chi connectivity index (χ4v) is 2.78. The highest BCUT2D eigenvalue weighted by molar-refractivity contribution is 5.75. The number of urea groups is 1. The van der Waals surface area contributed by atoms with E-state index in [0.717, 1.165) is 38.9 Å². The number of carboxylic acid groups (broad SMARTS) is 1. The third kappa shape index (κ3) is 6.80. The van der Waals surface area contributed by atoms with Crippen molar-refractivity contribution < 1.29 is 14.7 Å². The Morgan fingerprint density at radius 1 is 1.38 bits per heavy atom. The molecule has 1 unspecified atom stereocenters. The van der Waals surface area contributed by atoms with E-state index in [1.165, 1.54) is 0 Å². The molecule has 21 heavy (non-hydrogen) atoms. The number of rotatable bonds is 7. The quantitative estimate of drug-likeness (QED) is 0.749. The van der Waals surface area contributed by atoms with E-state index in [-0.39, 0.29) is 18.5 Å². The molecular formula is C15H29N3O3. The Hall–Kier alpha value is -1.30. The van der Waals surface area contributed by atoms with Crippen LogP contribution in [0.3, 0.4) is 0 Å². The van der Waals surface area contributed by atoms with E-state index in [4.69, 9.17) is 5.11 Å². The van der Waals surface area contributed by atoms with Gasteiger partial charge in [0.2, 0.25) is 0 Å². The zero-order chi connectivity index (χ0) is 15.8. The first-order valence-electron chi connectivity index (χ1n) is 7.84. The first kappa shape index (κ1) is 17.8. The molecule has 1 atom stereocenters. The number of likely N-dealkylation sites (tertiary alicyclic amines) is 1. The van der Waals surface area contributed by atoms with Crippen LogP contribution in [0.25, 0.3) is 0 Å². The van der Waals surface area contributed by atoms with Gasteiger partial charge in [0.15, 0.2) is 0 Å². The van der Waals surface area contributed by atoms with Crippen LogP contribution in [0.15, 0.2) is 0 Å². The summed E-state index contributed by atoms with van der Waals surface area (Å²) in [6, 6.07) is -0.437. The van der Waals surface area contributed by atoms with Crippen LogP contribution in [0.2, 0.25) is 0 Å². The van der Waals surface area contributed by atoms with Crippen molar-refractivity contribution in [3.05, 3.63) is 0 Å². The topological polar surface area (TPSA) is 72.9 Å². The number of nitrogens with zero attached hydrogens (tertiary/aromatic N) is 2. The molecule has 0 saturated carbocycles. The van der Waals surface area contributed by atoms with Crippen molar-refractivity contribution in [3.63, 3.8) is 0 Å². The van der Waals surface area contributed by atoms with Gasteiger partial charge in [-0.1, -0.05) is 13.3 Å². The summed E-state index contributed by atoms with van der Waals surface area (Å²) in [5, 5.41) is 11.7. The molecule has 0 aromatic carbocycles. The highest BCUT2D eigenvalue weighted by Gasteiger charge is 2.22. The maximum Gasteiger partial charge on any atom is 0.317 e. The molecule has 1 fully saturated rings. The van der Waals surface area contributed by atoms with E-state index in [2.05, 4.69) is 17.3 Å². The largest absolute Gasteiger partial charge is 0.481 e. The lowest BCUT2D eigenvalue weighted by Gasteiger charge is -2.32. The molecule has 0 spiro atoms. The molecule has 122 valence electrons. The molecule has 6 nitrogen and oxygen atoms in total. The number of hydrogen-bond acceptors (Lipinski definition) is 3. The average Bonchev–Trinajstić information content (AvgIpc) is 2.40. The van der Waals surface area contributed by atoms with Crippen LogP contribution in [0, 0.1) is 5.92 Å². The van der Waals surface area contributed by atoms with Gasteiger partial charge in [0, 0.05) is 19.6 Å². The lowest BCUT2D eigenvalue weighted by atomic mass is 9.97. The lowest BCUT2D eigenvalue weighted by Crippen LogP contribution is -2.46. The summed E-state index contributed by atoms with van der Waals surface area (Å²) in [7, 11) is 3.91. The highest BCUT2D eigenvalue weighted by Crippen LogP contribution is 2.16. The van der Waals surface area contributed by atoms with E-state index in [1.807, 2.05) is 6.92 Å². The van der Waals surface area contributed by atoms with Crippen LogP contribution in [-0.2, 0) is 4.79 Å². The lowest BCUT2D eigenvalue weighted by molar-refractivity contribution is -0.137. The predicted octanol–water partition coefficient (Wildman–Crippen LogP) is 1.61. The van der Waals surface area contributed by atoms with E-state index in [1.54, 1.807) is 11.9 Å². The van der Waals surface area contributed by atoms with Crippen molar-refractivity contribution in [1.82, 2.24) is 15.1 Å². The first-order chi connectivity index (χ1) is 9.92. The summed E-state index contributed by atoms with van der Waals surface area (Å²) in [5.74, 6) is -0.326. The number of amides is 2. The van der Waals surface area contributed by atoms with Crippen molar-refractivity contribution in [2.45, 2.75) is 45.1 Å². The van der Waals surface area contributed by atoms with Gasteiger partial charge < -0.3 is 20.2 Å². The van der Waals surface area contributed by atoms with Crippen molar-refractivity contribution in [1.29, 1.82) is 0 Å². The molecule has 2 amide bonds. The Labute approximate surface area is 127 Å². The van der Waals surface area contributed by atoms with Gasteiger partial charge in [-0.3, -0.25) is 4.79 Å². The molecule has 1 aliphatic rings. The normalized spacial score (nSPS) is 18.2. The molecular weight excluding hydrogens is 270 g/mol. The molecule has 0 radical (unpaired) electrons. The van der Waals surface area contributed by atoms with Crippen molar-refractivity contribution in [2.24, 2.45) is 5.92 Å². The molecule has 1 aliphatic heterocycles. The number of carboxylic acids is 1. The fraction of sp³-hybridized carbons (Fsp3) is 0.867. The smallest absolute Gasteiger partial charge is 0.317 e. The second-order valence-electron chi connectivity index (χ2n) is 6.16. The van der Waals surface area contributed by atoms with Crippen molar-refractivity contribution in [2.75, 3.05) is 33.7 Å². The molecule has 1 rings (SSSR count). The van der Waals surface area contributed by atoms with E-state index < -0.39 is 5.97 Å². The van der Waals surface area contributed by atoms with Gasteiger partial charge in [-0.15, -0.1) is 0 Å². The third-order valence-corrected chi connectivity index (χ3v) is 4.10. The van der Waals surface area contributed by atoms with Crippen molar-refractivity contribution in [3.8, 4) is 0 Å². The summed E-state index contributed by atoms with van der Waals surface area (Å²) < 4.78 is 0. The third-order valence-electron chi connectivity index (χ3n) is 4.10. The molecule has 1 saturated heterocycles. The van der Waals surface area contributed by atoms with Gasteiger partial charge in [0.25, 0.3) is 0 Å². The Morgan fingerprint density at radius 2 is 2.00 bits per heavy atom. The zero-order valence-corrected chi connectivity index (χ0v) is 13.5. The zero-order valence-electron chi connectivity index (χ0n) is 13.5. The monoisotopic (exact) mass is 299 g/mol. The van der Waals surface area contributed by atoms with Crippen LogP contribution in [0.1, 0.15) is 39.0 Å². The van der Waals surface area contributed by atoms with Crippen molar-refractivity contribution >= 4 is 12.0 Å². The van der Waals surface area contributed by atoms with Crippen LogP contribution in [-0.4, -0.2) is 66.7 Å². The minimum atomic E-state index is -0.869. The maximum atomic E-state index is 12.2. The van der Waals surface area contributed by atoms with Crippen LogP contribution < -0.4 is 5.32 Å². The summed E-state index contributed by atoms with van der Waals surface area (Å²) in [4.78, 5) is 27.0. The average molecular weight is 299 g/mol. The standard InChI is InChI=1S/C15H29N3O3/c1-4-5-13(10-14(19)20)16-15(21)18(3)11-12-6-8-17(2)9-7-12/h12-13H,4-11H2,1-3H3,(H,16,21)(H,19,20). The SMILES string of the molecule is CCCC(CC(=O)O)NC(=O)N(C)CC1CCN(C)CC1. The molecule has 2 N–H and O–H groups in total. The molecule has 1 heterocycles. The van der Waals surface area contributed by atoms with E-state index >= 15 is 0 Å². The first-order valence-corrected chi connectivity index (χ1v) is 7.84. The number of carbonyl (C=O) groups is 2. The van der Waals surface area contributed by atoms with Gasteiger partial charge >= 0.3 is 12.0 Å². The Kier molecular flexibility index (Phi) is 7.50. The minimum Gasteiger partial charge on any atom is -0.481 e. The van der Waals surface area contributed by atoms with E-state index in [9.17, 15) is 9.59 Å². The van der Waals surface area contributed by atoms with E-state index in [0.29, 0.717) is 12.3 Å². The number of aliphatic carboxylic acids is 1. The van der Waals surface area contributed by atoms with Crippen LogP contribution in [0.5, 0.6) is 0 Å². The Bertz CT molecular complexity index is 341. The molecule has 0 aromatic rings. The number of piperidine rings is 1. The van der Waals surface area contributed by atoms with Gasteiger partial charge in [-0.2, -0.15) is 0 Å². The second-order valence-corrected chi connectivity index (χ2v) is 6.16. The van der Waals surface area contributed by atoms with Gasteiger partial charge in [0.1, 0.15) is 0 Å². The molecule has 0 aliphatic carbocycles. The Balaban J connectivity index is 2.39. The van der Waals surface area contributed by atoms with Crippen LogP contribution in [0.4, 0.5) is 4.79 Å². The molecule has 0 aromatic heterocycles. The molecule has 0 bridgehead atoms. The number of hydrogen-bond donors (Lipinski definition) is 2. The van der Waals surface area contributed by atoms with Crippen LogP contribution >= 0.6 is 0 Å².